The van der Waals surface area contributed by atoms with Gasteiger partial charge in [0, 0.05) is 12.6 Å². The smallest absolute Gasteiger partial charge is 0.242 e. The average Bonchev–Trinajstić information content (AvgIpc) is 2.44. The summed E-state index contributed by atoms with van der Waals surface area (Å²) in [5.41, 5.74) is 6.30. The summed E-state index contributed by atoms with van der Waals surface area (Å²) in [6.45, 7) is 5.81. The van der Waals surface area contributed by atoms with Gasteiger partial charge in [-0.05, 0) is 26.3 Å². The van der Waals surface area contributed by atoms with E-state index >= 15 is 0 Å². The maximum absolute atomic E-state index is 12.5. The summed E-state index contributed by atoms with van der Waals surface area (Å²) in [6.07, 6.45) is 1.56. The lowest BCUT2D eigenvalue weighted by atomic mass is 9.94. The Morgan fingerprint density at radius 3 is 2.60 bits per heavy atom. The number of para-hydroxylation sites is 1. The molecule has 1 aromatic carbocycles. The van der Waals surface area contributed by atoms with E-state index in [0.29, 0.717) is 6.42 Å². The molecule has 0 radical (unpaired) electrons. The average molecular weight is 278 g/mol. The van der Waals surface area contributed by atoms with Crippen molar-refractivity contribution in [3.63, 3.8) is 0 Å². The van der Waals surface area contributed by atoms with Crippen molar-refractivity contribution >= 4 is 5.91 Å². The molecule has 0 aliphatic rings. The monoisotopic (exact) mass is 278 g/mol. The van der Waals surface area contributed by atoms with Gasteiger partial charge in [-0.2, -0.15) is 0 Å². The molecule has 2 N–H and O–H groups in total. The van der Waals surface area contributed by atoms with Crippen LogP contribution in [0.3, 0.4) is 0 Å². The number of nitrogens with zero attached hydrogens (tertiary/aromatic N) is 1. The molecule has 1 amide bonds. The first-order valence-electron chi connectivity index (χ1n) is 7.04. The van der Waals surface area contributed by atoms with Gasteiger partial charge in [0.15, 0.2) is 0 Å². The number of carbonyl (C=O) groups is 1. The maximum atomic E-state index is 12.5. The van der Waals surface area contributed by atoms with Gasteiger partial charge in [0.05, 0.1) is 18.7 Å². The van der Waals surface area contributed by atoms with Gasteiger partial charge in [0.1, 0.15) is 5.75 Å². The van der Waals surface area contributed by atoms with Gasteiger partial charge in [-0.15, -0.1) is 0 Å². The van der Waals surface area contributed by atoms with E-state index in [1.807, 2.05) is 38.1 Å². The zero-order valence-electron chi connectivity index (χ0n) is 13.1. The Morgan fingerprint density at radius 1 is 1.45 bits per heavy atom. The van der Waals surface area contributed by atoms with Crippen molar-refractivity contribution in [2.24, 2.45) is 5.73 Å². The number of amides is 1. The van der Waals surface area contributed by atoms with Gasteiger partial charge in [-0.3, -0.25) is 4.79 Å². The van der Waals surface area contributed by atoms with E-state index < -0.39 is 5.54 Å². The van der Waals surface area contributed by atoms with E-state index in [1.165, 1.54) is 0 Å². The highest BCUT2D eigenvalue weighted by Crippen LogP contribution is 2.29. The van der Waals surface area contributed by atoms with Crippen LogP contribution in [0.4, 0.5) is 0 Å². The van der Waals surface area contributed by atoms with Gasteiger partial charge in [0.25, 0.3) is 0 Å². The van der Waals surface area contributed by atoms with Crippen LogP contribution in [0.1, 0.15) is 45.2 Å². The molecule has 0 fully saturated rings. The number of methoxy groups -OCH3 is 1. The van der Waals surface area contributed by atoms with Crippen LogP contribution in [0, 0.1) is 0 Å². The van der Waals surface area contributed by atoms with Gasteiger partial charge >= 0.3 is 0 Å². The Balaban J connectivity index is 2.96. The molecule has 0 heterocycles. The Bertz CT molecular complexity index is 458. The first-order valence-corrected chi connectivity index (χ1v) is 7.04. The topological polar surface area (TPSA) is 55.6 Å². The first-order chi connectivity index (χ1) is 9.35. The summed E-state index contributed by atoms with van der Waals surface area (Å²) < 4.78 is 5.36. The molecule has 0 spiro atoms. The van der Waals surface area contributed by atoms with Crippen molar-refractivity contribution < 1.29 is 9.53 Å². The predicted molar refractivity (Wildman–Crippen MR) is 81.7 cm³/mol. The molecule has 0 bridgehead atoms. The van der Waals surface area contributed by atoms with Gasteiger partial charge in [-0.25, -0.2) is 0 Å². The minimum absolute atomic E-state index is 0.0437. The van der Waals surface area contributed by atoms with Crippen molar-refractivity contribution in [2.45, 2.75) is 45.2 Å². The highest BCUT2D eigenvalue weighted by atomic mass is 16.5. The third-order valence-corrected chi connectivity index (χ3v) is 3.75. The fraction of sp³-hybridized carbons (Fsp3) is 0.562. The second-order valence-corrected chi connectivity index (χ2v) is 5.50. The van der Waals surface area contributed by atoms with Crippen molar-refractivity contribution in [3.8, 4) is 5.75 Å². The van der Waals surface area contributed by atoms with Crippen LogP contribution in [0.25, 0.3) is 0 Å². The van der Waals surface area contributed by atoms with Gasteiger partial charge in [0.2, 0.25) is 5.91 Å². The Kier molecular flexibility index (Phi) is 5.57. The maximum Gasteiger partial charge on any atom is 0.242 e. The molecule has 4 nitrogen and oxygen atoms in total. The molecule has 20 heavy (non-hydrogen) atoms. The van der Waals surface area contributed by atoms with Crippen molar-refractivity contribution in [1.82, 2.24) is 4.90 Å². The van der Waals surface area contributed by atoms with Crippen LogP contribution in [-0.2, 0) is 4.79 Å². The molecule has 1 aromatic rings. The van der Waals surface area contributed by atoms with Crippen LogP contribution < -0.4 is 10.5 Å². The summed E-state index contributed by atoms with van der Waals surface area (Å²) >= 11 is 0. The van der Waals surface area contributed by atoms with E-state index in [1.54, 1.807) is 26.0 Å². The van der Waals surface area contributed by atoms with E-state index in [9.17, 15) is 4.79 Å². The lowest BCUT2D eigenvalue weighted by Gasteiger charge is -2.33. The van der Waals surface area contributed by atoms with E-state index in [4.69, 9.17) is 10.5 Å². The molecule has 112 valence electrons. The fourth-order valence-corrected chi connectivity index (χ4v) is 2.43. The predicted octanol–water partition coefficient (Wildman–Crippen LogP) is 2.73. The minimum atomic E-state index is -0.820. The number of carbonyl (C=O) groups excluding carboxylic acids is 1. The number of hydrogen-bond donors (Lipinski definition) is 1. The van der Waals surface area contributed by atoms with Crippen LogP contribution in [0.5, 0.6) is 5.75 Å². The Hall–Kier alpha value is -1.55. The van der Waals surface area contributed by atoms with Crippen molar-refractivity contribution in [1.29, 1.82) is 0 Å². The zero-order valence-corrected chi connectivity index (χ0v) is 13.1. The molecule has 0 aliphatic heterocycles. The van der Waals surface area contributed by atoms with Crippen LogP contribution in [0.15, 0.2) is 24.3 Å². The van der Waals surface area contributed by atoms with E-state index in [2.05, 4.69) is 0 Å². The van der Waals surface area contributed by atoms with Crippen LogP contribution >= 0.6 is 0 Å². The van der Waals surface area contributed by atoms with Crippen LogP contribution in [0.2, 0.25) is 0 Å². The number of benzene rings is 1. The summed E-state index contributed by atoms with van der Waals surface area (Å²) in [5, 5.41) is 0. The molecule has 1 rings (SSSR count). The SMILES string of the molecule is CCCC(C)(N)C(=O)N(C)C(C)c1ccccc1OC. The van der Waals surface area contributed by atoms with Gasteiger partial charge < -0.3 is 15.4 Å². The number of likely N-dealkylation sites (N-methyl/N-ethyl adjacent to an activating group) is 1. The molecule has 4 heteroatoms. The lowest BCUT2D eigenvalue weighted by molar-refractivity contribution is -0.137. The number of nitrogens with two attached hydrogens (primary N) is 1. The highest BCUT2D eigenvalue weighted by Gasteiger charge is 2.33. The summed E-state index contributed by atoms with van der Waals surface area (Å²) in [6, 6.07) is 7.65. The molecule has 2 unspecified atom stereocenters. The normalized spacial score (nSPS) is 15.3. The fourth-order valence-electron chi connectivity index (χ4n) is 2.43. The molecule has 0 saturated heterocycles. The molecule has 0 saturated carbocycles. The second kappa shape index (κ2) is 6.75. The first kappa shape index (κ1) is 16.5. The molecule has 0 aromatic heterocycles. The van der Waals surface area contributed by atoms with E-state index in [0.717, 1.165) is 17.7 Å². The molecule has 0 aliphatic carbocycles. The van der Waals surface area contributed by atoms with Gasteiger partial charge in [-0.1, -0.05) is 31.5 Å². The minimum Gasteiger partial charge on any atom is -0.496 e. The molecular weight excluding hydrogens is 252 g/mol. The summed E-state index contributed by atoms with van der Waals surface area (Å²) in [5.74, 6) is 0.742. The van der Waals surface area contributed by atoms with Crippen molar-refractivity contribution in [2.75, 3.05) is 14.2 Å². The third-order valence-electron chi connectivity index (χ3n) is 3.75. The number of rotatable bonds is 6. The van der Waals surface area contributed by atoms with E-state index in [-0.39, 0.29) is 11.9 Å². The van der Waals surface area contributed by atoms with Crippen molar-refractivity contribution in [3.05, 3.63) is 29.8 Å². The summed E-state index contributed by atoms with van der Waals surface area (Å²) in [4.78, 5) is 14.2. The lowest BCUT2D eigenvalue weighted by Crippen LogP contribution is -2.52. The Labute approximate surface area is 121 Å². The quantitative estimate of drug-likeness (QED) is 0.870. The number of ether oxygens (including phenoxy) is 1. The summed E-state index contributed by atoms with van der Waals surface area (Å²) in [7, 11) is 3.43. The third kappa shape index (κ3) is 3.51. The molecular formula is C16H26N2O2. The Morgan fingerprint density at radius 2 is 2.05 bits per heavy atom. The standard InChI is InChI=1S/C16H26N2O2/c1-6-11-16(3,17)15(19)18(4)12(2)13-9-7-8-10-14(13)20-5/h7-10,12H,6,11,17H2,1-5H3. The second-order valence-electron chi connectivity index (χ2n) is 5.50. The largest absolute Gasteiger partial charge is 0.496 e. The highest BCUT2D eigenvalue weighted by molar-refractivity contribution is 5.85. The number of hydrogen-bond acceptors (Lipinski definition) is 3. The van der Waals surface area contributed by atoms with Crippen LogP contribution in [-0.4, -0.2) is 30.5 Å². The zero-order chi connectivity index (χ0) is 15.3. The molecule has 2 atom stereocenters.